The second-order valence-electron chi connectivity index (χ2n) is 2.76. The van der Waals surface area contributed by atoms with E-state index in [0.29, 0.717) is 0 Å². The Morgan fingerprint density at radius 1 is 1.19 bits per heavy atom. The molecule has 0 atom stereocenters. The van der Waals surface area contributed by atoms with Crippen molar-refractivity contribution < 1.29 is 9.90 Å². The molecule has 0 aromatic heterocycles. The first-order valence-corrected chi connectivity index (χ1v) is 3.99. The largest absolute Gasteiger partial charge is 0.478 e. The smallest absolute Gasteiger partial charge is 0.338 e. The Labute approximate surface area is 88.2 Å². The maximum Gasteiger partial charge on any atom is 0.338 e. The summed E-state index contributed by atoms with van der Waals surface area (Å²) >= 11 is 0. The zero-order chi connectivity index (χ0) is 12.1. The molecular weight excluding hydrogens is 218 g/mol. The van der Waals surface area contributed by atoms with Gasteiger partial charge in [-0.3, -0.25) is 0 Å². The van der Waals surface area contributed by atoms with E-state index < -0.39 is 17.7 Å². The van der Waals surface area contributed by atoms with Gasteiger partial charge in [0.05, 0.1) is 5.56 Å². The molecule has 0 aliphatic heterocycles. The van der Waals surface area contributed by atoms with Crippen molar-refractivity contribution in [3.63, 3.8) is 0 Å². The zero-order valence-corrected chi connectivity index (χ0v) is 7.73. The molecular formula is C8H5N3O5. The monoisotopic (exact) mass is 223 g/mol. The molecule has 0 saturated heterocycles. The van der Waals surface area contributed by atoms with Gasteiger partial charge in [0.2, 0.25) is 6.17 Å². The van der Waals surface area contributed by atoms with Crippen molar-refractivity contribution in [3.8, 4) is 0 Å². The molecule has 0 spiro atoms. The number of hydrogen-bond acceptors (Lipinski definition) is 7. The second kappa shape index (κ2) is 4.82. The molecule has 0 aliphatic carbocycles. The van der Waals surface area contributed by atoms with Crippen LogP contribution in [0.25, 0.3) is 0 Å². The fourth-order valence-electron chi connectivity index (χ4n) is 1.11. The molecule has 0 saturated carbocycles. The van der Waals surface area contributed by atoms with Crippen molar-refractivity contribution in [2.75, 3.05) is 0 Å². The van der Waals surface area contributed by atoms with Gasteiger partial charge in [-0.1, -0.05) is 6.07 Å². The van der Waals surface area contributed by atoms with E-state index in [1.54, 1.807) is 0 Å². The summed E-state index contributed by atoms with van der Waals surface area (Å²) in [5, 5.41) is 16.0. The Balaban J connectivity index is 3.31. The van der Waals surface area contributed by atoms with Gasteiger partial charge in [-0.2, -0.15) is 0 Å². The number of carbonyl (C=O) groups is 1. The van der Waals surface area contributed by atoms with E-state index >= 15 is 0 Å². The van der Waals surface area contributed by atoms with Crippen LogP contribution in [0.2, 0.25) is 0 Å². The second-order valence-corrected chi connectivity index (χ2v) is 2.76. The minimum Gasteiger partial charge on any atom is -0.478 e. The number of aromatic carboxylic acids is 1. The van der Waals surface area contributed by atoms with E-state index in [0.717, 1.165) is 12.1 Å². The van der Waals surface area contributed by atoms with Crippen molar-refractivity contribution in [1.82, 2.24) is 0 Å². The molecule has 0 radical (unpaired) electrons. The lowest BCUT2D eigenvalue weighted by Crippen LogP contribution is -1.99. The topological polar surface area (TPSA) is 126 Å². The summed E-state index contributed by atoms with van der Waals surface area (Å²) in [4.78, 5) is 41.4. The van der Waals surface area contributed by atoms with E-state index in [1.807, 2.05) is 0 Å². The lowest BCUT2D eigenvalue weighted by molar-refractivity contribution is 0.0697. The minimum atomic E-state index is -1.53. The van der Waals surface area contributed by atoms with Gasteiger partial charge in [-0.05, 0) is 27.7 Å². The summed E-state index contributed by atoms with van der Waals surface area (Å²) in [6.07, 6.45) is -1.53. The van der Waals surface area contributed by atoms with Gasteiger partial charge in [0.1, 0.15) is 5.69 Å². The highest BCUT2D eigenvalue weighted by Gasteiger charge is 2.17. The normalized spacial score (nSPS) is 9.81. The third-order valence-corrected chi connectivity index (χ3v) is 1.85. The molecule has 0 amide bonds. The maximum absolute atomic E-state index is 10.7. The van der Waals surface area contributed by atoms with Gasteiger partial charge >= 0.3 is 5.97 Å². The lowest BCUT2D eigenvalue weighted by Gasteiger charge is -2.03. The van der Waals surface area contributed by atoms with Crippen LogP contribution in [0.15, 0.2) is 33.7 Å². The van der Waals surface area contributed by atoms with Crippen LogP contribution < -0.4 is 0 Å². The fraction of sp³-hybridized carbons (Fsp3) is 0.125. The quantitative estimate of drug-likeness (QED) is 0.766. The Bertz CT molecular complexity index is 451. The van der Waals surface area contributed by atoms with Crippen LogP contribution in [0.5, 0.6) is 0 Å². The molecule has 1 N–H and O–H groups in total. The average molecular weight is 223 g/mol. The summed E-state index contributed by atoms with van der Waals surface area (Å²) in [6, 6.07) is 3.23. The highest BCUT2D eigenvalue weighted by atomic mass is 16.4. The number of nitrogens with zero attached hydrogens (tertiary/aromatic N) is 3. The van der Waals surface area contributed by atoms with Gasteiger partial charge in [0.15, 0.2) is 0 Å². The van der Waals surface area contributed by atoms with Crippen molar-refractivity contribution >= 4 is 11.7 Å². The molecule has 0 bridgehead atoms. The molecule has 0 unspecified atom stereocenters. The van der Waals surface area contributed by atoms with E-state index in [4.69, 9.17) is 5.11 Å². The number of rotatable bonds is 5. The molecule has 1 rings (SSSR count). The SMILES string of the molecule is O=Nc1ccc(C(N=O)N=O)cc1C(=O)O. The van der Waals surface area contributed by atoms with E-state index in [1.165, 1.54) is 6.07 Å². The predicted octanol–water partition coefficient (Wildman–Crippen LogP) is 2.31. The average Bonchev–Trinajstić information content (AvgIpc) is 2.30. The highest BCUT2D eigenvalue weighted by molar-refractivity contribution is 5.93. The van der Waals surface area contributed by atoms with Crippen molar-refractivity contribution in [2.45, 2.75) is 6.17 Å². The molecule has 8 nitrogen and oxygen atoms in total. The highest BCUT2D eigenvalue weighted by Crippen LogP contribution is 2.26. The molecule has 82 valence electrons. The number of carboxylic acid groups (broad SMARTS) is 1. The van der Waals surface area contributed by atoms with Gasteiger partial charge in [-0.25, -0.2) is 4.79 Å². The van der Waals surface area contributed by atoms with E-state index in [-0.39, 0.29) is 11.3 Å². The fourth-order valence-corrected chi connectivity index (χ4v) is 1.11. The first-order chi connectivity index (χ1) is 7.63. The molecule has 16 heavy (non-hydrogen) atoms. The summed E-state index contributed by atoms with van der Waals surface area (Å²) in [6.45, 7) is 0. The summed E-state index contributed by atoms with van der Waals surface area (Å²) in [5.41, 5.74) is -0.716. The molecule has 0 aliphatic rings. The molecule has 0 fully saturated rings. The van der Waals surface area contributed by atoms with Gasteiger partial charge < -0.3 is 5.11 Å². The standard InChI is InChI=1S/C8H5N3O5/c12-8(13)5-3-4(7(10-15)11-16)1-2-6(5)9-14/h1-3,7H,(H,12,13). The van der Waals surface area contributed by atoms with E-state index in [2.05, 4.69) is 15.5 Å². The predicted molar refractivity (Wildman–Crippen MR) is 53.2 cm³/mol. The van der Waals surface area contributed by atoms with Crippen LogP contribution in [0.1, 0.15) is 22.1 Å². The van der Waals surface area contributed by atoms with Crippen molar-refractivity contribution in [2.24, 2.45) is 15.5 Å². The van der Waals surface area contributed by atoms with Crippen LogP contribution in [0.4, 0.5) is 5.69 Å². The Morgan fingerprint density at radius 3 is 2.25 bits per heavy atom. The Kier molecular flexibility index (Phi) is 3.49. The van der Waals surface area contributed by atoms with Crippen LogP contribution >= 0.6 is 0 Å². The number of nitroso groups, excluding NO2 is 3. The minimum absolute atomic E-state index is 0.00481. The first kappa shape index (κ1) is 11.6. The number of benzene rings is 1. The van der Waals surface area contributed by atoms with E-state index in [9.17, 15) is 19.5 Å². The van der Waals surface area contributed by atoms with Gasteiger partial charge in [0.25, 0.3) is 0 Å². The third kappa shape index (κ3) is 2.11. The molecule has 1 aromatic rings. The molecule has 8 heteroatoms. The summed E-state index contributed by atoms with van der Waals surface area (Å²) in [5.74, 6) is -1.40. The molecule has 1 aromatic carbocycles. The van der Waals surface area contributed by atoms with Crippen LogP contribution in [0.3, 0.4) is 0 Å². The van der Waals surface area contributed by atoms with Crippen LogP contribution in [0, 0.1) is 14.7 Å². The Hall–Kier alpha value is -2.51. The summed E-state index contributed by atoms with van der Waals surface area (Å²) < 4.78 is 0. The summed E-state index contributed by atoms with van der Waals surface area (Å²) in [7, 11) is 0. The molecule has 0 heterocycles. The van der Waals surface area contributed by atoms with Gasteiger partial charge in [0, 0.05) is 5.56 Å². The lowest BCUT2D eigenvalue weighted by atomic mass is 10.1. The Morgan fingerprint density at radius 2 is 1.81 bits per heavy atom. The van der Waals surface area contributed by atoms with Crippen molar-refractivity contribution in [1.29, 1.82) is 0 Å². The third-order valence-electron chi connectivity index (χ3n) is 1.85. The van der Waals surface area contributed by atoms with Crippen LogP contribution in [-0.2, 0) is 0 Å². The maximum atomic E-state index is 10.7. The first-order valence-electron chi connectivity index (χ1n) is 3.99. The van der Waals surface area contributed by atoms with Crippen LogP contribution in [-0.4, -0.2) is 11.1 Å². The van der Waals surface area contributed by atoms with Gasteiger partial charge in [-0.15, -0.1) is 14.7 Å². The number of hydrogen-bond donors (Lipinski definition) is 1. The zero-order valence-electron chi connectivity index (χ0n) is 7.73. The number of carboxylic acids is 1. The van der Waals surface area contributed by atoms with Crippen molar-refractivity contribution in [3.05, 3.63) is 44.0 Å².